The number of pyridine rings is 1. The van der Waals surface area contributed by atoms with E-state index >= 15 is 0 Å². The minimum atomic E-state index is -0.150. The van der Waals surface area contributed by atoms with Crippen LogP contribution in [0, 0.1) is 5.92 Å². The number of anilines is 1. The summed E-state index contributed by atoms with van der Waals surface area (Å²) in [5.74, 6) is 0.808. The van der Waals surface area contributed by atoms with Crippen molar-refractivity contribution in [3.63, 3.8) is 0 Å². The van der Waals surface area contributed by atoms with Gasteiger partial charge in [0.1, 0.15) is 5.82 Å². The second kappa shape index (κ2) is 5.87. The number of aromatic nitrogens is 1. The van der Waals surface area contributed by atoms with Crippen molar-refractivity contribution in [2.24, 2.45) is 5.92 Å². The van der Waals surface area contributed by atoms with Crippen molar-refractivity contribution in [3.05, 3.63) is 22.8 Å². The van der Waals surface area contributed by atoms with Crippen molar-refractivity contribution in [2.75, 3.05) is 12.4 Å². The zero-order valence-electron chi connectivity index (χ0n) is 10.5. The summed E-state index contributed by atoms with van der Waals surface area (Å²) in [7, 11) is 1.73. The molecular weight excluding hydrogens is 238 g/mol. The van der Waals surface area contributed by atoms with Crippen molar-refractivity contribution < 1.29 is 4.79 Å². The van der Waals surface area contributed by atoms with Gasteiger partial charge in [-0.1, -0.05) is 25.4 Å². The first-order valence-corrected chi connectivity index (χ1v) is 5.97. The summed E-state index contributed by atoms with van der Waals surface area (Å²) >= 11 is 5.97. The summed E-state index contributed by atoms with van der Waals surface area (Å²) in [6, 6.07) is 1.73. The van der Waals surface area contributed by atoms with Gasteiger partial charge in [0.2, 0.25) is 0 Å². The van der Waals surface area contributed by atoms with E-state index in [1.165, 1.54) is 6.20 Å². The molecule has 0 aliphatic rings. The second-order valence-electron chi connectivity index (χ2n) is 4.31. The molecule has 94 valence electrons. The third-order valence-electron chi connectivity index (χ3n) is 2.70. The lowest BCUT2D eigenvalue weighted by molar-refractivity contribution is 0.0930. The number of carbonyl (C=O) groups is 1. The van der Waals surface area contributed by atoms with Gasteiger partial charge in [0, 0.05) is 19.3 Å². The molecule has 0 saturated carbocycles. The lowest BCUT2D eigenvalue weighted by Crippen LogP contribution is -2.36. The van der Waals surface area contributed by atoms with Crippen LogP contribution >= 0.6 is 11.6 Å². The van der Waals surface area contributed by atoms with Crippen molar-refractivity contribution >= 4 is 23.3 Å². The standard InChI is InChI=1S/C12H18ClN3O/c1-7(2)8(3)16-12(17)9-5-10(13)11(14-4)15-6-9/h5-8H,1-4H3,(H,14,15)(H,16,17). The Labute approximate surface area is 107 Å². The Morgan fingerprint density at radius 3 is 2.53 bits per heavy atom. The van der Waals surface area contributed by atoms with Crippen LogP contribution in [0.25, 0.3) is 0 Å². The average molecular weight is 256 g/mol. The van der Waals surface area contributed by atoms with Crippen LogP contribution in [-0.2, 0) is 0 Å². The highest BCUT2D eigenvalue weighted by Gasteiger charge is 2.14. The molecule has 0 saturated heterocycles. The van der Waals surface area contributed by atoms with E-state index in [0.29, 0.717) is 22.3 Å². The summed E-state index contributed by atoms with van der Waals surface area (Å²) < 4.78 is 0. The van der Waals surface area contributed by atoms with Gasteiger partial charge in [-0.25, -0.2) is 4.98 Å². The normalized spacial score (nSPS) is 12.4. The van der Waals surface area contributed by atoms with Crippen LogP contribution in [-0.4, -0.2) is 24.0 Å². The zero-order chi connectivity index (χ0) is 13.0. The Bertz CT molecular complexity index is 407. The first-order chi connectivity index (χ1) is 7.95. The largest absolute Gasteiger partial charge is 0.372 e. The van der Waals surface area contributed by atoms with Gasteiger partial charge in [-0.3, -0.25) is 4.79 Å². The van der Waals surface area contributed by atoms with Crippen molar-refractivity contribution in [3.8, 4) is 0 Å². The Hall–Kier alpha value is -1.29. The van der Waals surface area contributed by atoms with E-state index in [9.17, 15) is 4.79 Å². The highest BCUT2D eigenvalue weighted by Crippen LogP contribution is 2.19. The van der Waals surface area contributed by atoms with Crippen molar-refractivity contribution in [1.82, 2.24) is 10.3 Å². The molecular formula is C12H18ClN3O. The molecule has 0 aromatic carbocycles. The first-order valence-electron chi connectivity index (χ1n) is 5.59. The lowest BCUT2D eigenvalue weighted by Gasteiger charge is -2.17. The van der Waals surface area contributed by atoms with Crippen LogP contribution in [0.2, 0.25) is 5.02 Å². The number of amides is 1. The fourth-order valence-corrected chi connectivity index (χ4v) is 1.46. The number of carbonyl (C=O) groups excluding carboxylic acids is 1. The van der Waals surface area contributed by atoms with Crippen molar-refractivity contribution in [2.45, 2.75) is 26.8 Å². The molecule has 0 aliphatic carbocycles. The summed E-state index contributed by atoms with van der Waals surface area (Å²) in [5, 5.41) is 6.19. The van der Waals surface area contributed by atoms with Gasteiger partial charge in [-0.15, -0.1) is 0 Å². The topological polar surface area (TPSA) is 54.0 Å². The number of rotatable bonds is 4. The molecule has 1 heterocycles. The van der Waals surface area contributed by atoms with Crippen LogP contribution in [0.4, 0.5) is 5.82 Å². The Morgan fingerprint density at radius 1 is 1.41 bits per heavy atom. The summed E-state index contributed by atoms with van der Waals surface area (Å²) in [6.45, 7) is 6.08. The minimum Gasteiger partial charge on any atom is -0.372 e. The highest BCUT2D eigenvalue weighted by molar-refractivity contribution is 6.33. The summed E-state index contributed by atoms with van der Waals surface area (Å²) in [4.78, 5) is 15.9. The molecule has 1 amide bonds. The fraction of sp³-hybridized carbons (Fsp3) is 0.500. The van der Waals surface area contributed by atoms with Gasteiger partial charge >= 0.3 is 0 Å². The highest BCUT2D eigenvalue weighted by atomic mass is 35.5. The number of halogens is 1. The third kappa shape index (κ3) is 3.60. The SMILES string of the molecule is CNc1ncc(C(=O)NC(C)C(C)C)cc1Cl. The van der Waals surface area contributed by atoms with Gasteiger partial charge < -0.3 is 10.6 Å². The molecule has 1 atom stereocenters. The Morgan fingerprint density at radius 2 is 2.06 bits per heavy atom. The van der Waals surface area contributed by atoms with E-state index in [4.69, 9.17) is 11.6 Å². The second-order valence-corrected chi connectivity index (χ2v) is 4.72. The maximum absolute atomic E-state index is 11.9. The van der Waals surface area contributed by atoms with E-state index in [2.05, 4.69) is 29.5 Å². The van der Waals surface area contributed by atoms with Crippen LogP contribution < -0.4 is 10.6 Å². The van der Waals surface area contributed by atoms with E-state index in [1.54, 1.807) is 13.1 Å². The molecule has 4 nitrogen and oxygen atoms in total. The molecule has 1 aromatic rings. The van der Waals surface area contributed by atoms with Crippen LogP contribution in [0.3, 0.4) is 0 Å². The monoisotopic (exact) mass is 255 g/mol. The smallest absolute Gasteiger partial charge is 0.253 e. The molecule has 1 aromatic heterocycles. The predicted octanol–water partition coefficient (Wildman–Crippen LogP) is 2.55. The van der Waals surface area contributed by atoms with E-state index < -0.39 is 0 Å². The number of nitrogens with zero attached hydrogens (tertiary/aromatic N) is 1. The van der Waals surface area contributed by atoms with Gasteiger partial charge in [0.15, 0.2) is 0 Å². The maximum Gasteiger partial charge on any atom is 0.253 e. The lowest BCUT2D eigenvalue weighted by atomic mass is 10.1. The van der Waals surface area contributed by atoms with Crippen LogP contribution in [0.15, 0.2) is 12.3 Å². The summed E-state index contributed by atoms with van der Waals surface area (Å²) in [6.07, 6.45) is 1.51. The summed E-state index contributed by atoms with van der Waals surface area (Å²) in [5.41, 5.74) is 0.474. The average Bonchev–Trinajstić information content (AvgIpc) is 2.28. The minimum absolute atomic E-state index is 0.116. The van der Waals surface area contributed by atoms with Crippen molar-refractivity contribution in [1.29, 1.82) is 0 Å². The predicted molar refractivity (Wildman–Crippen MR) is 70.6 cm³/mol. The molecule has 5 heteroatoms. The van der Waals surface area contributed by atoms with E-state index in [0.717, 1.165) is 0 Å². The van der Waals surface area contributed by atoms with Crippen LogP contribution in [0.5, 0.6) is 0 Å². The third-order valence-corrected chi connectivity index (χ3v) is 2.99. The molecule has 1 unspecified atom stereocenters. The molecule has 17 heavy (non-hydrogen) atoms. The number of hydrogen-bond acceptors (Lipinski definition) is 3. The fourth-order valence-electron chi connectivity index (χ4n) is 1.20. The molecule has 0 fully saturated rings. The van der Waals surface area contributed by atoms with Crippen LogP contribution in [0.1, 0.15) is 31.1 Å². The maximum atomic E-state index is 11.9. The van der Waals surface area contributed by atoms with Gasteiger partial charge in [0.05, 0.1) is 10.6 Å². The Kier molecular flexibility index (Phi) is 4.75. The van der Waals surface area contributed by atoms with E-state index in [1.807, 2.05) is 6.92 Å². The molecule has 0 aliphatic heterocycles. The molecule has 2 N–H and O–H groups in total. The molecule has 0 radical (unpaired) electrons. The van der Waals surface area contributed by atoms with Gasteiger partial charge in [0.25, 0.3) is 5.91 Å². The first kappa shape index (κ1) is 13.8. The van der Waals surface area contributed by atoms with Gasteiger partial charge in [-0.05, 0) is 18.9 Å². The quantitative estimate of drug-likeness (QED) is 0.869. The van der Waals surface area contributed by atoms with Gasteiger partial charge in [-0.2, -0.15) is 0 Å². The molecule has 1 rings (SSSR count). The Balaban J connectivity index is 2.80. The number of hydrogen-bond donors (Lipinski definition) is 2. The molecule has 0 bridgehead atoms. The zero-order valence-corrected chi connectivity index (χ0v) is 11.3. The molecule has 0 spiro atoms. The van der Waals surface area contributed by atoms with E-state index in [-0.39, 0.29) is 11.9 Å². The number of nitrogens with one attached hydrogen (secondary N) is 2.